The molecule has 25 heavy (non-hydrogen) atoms. The maximum Gasteiger partial charge on any atom is -0.0248 e. The normalized spacial score (nSPS) is 12.6. The SMILES string of the molecule is CCCCCCCCCCCCCCC(Cc1ccccc1)C(C)C. The molecule has 0 aliphatic carbocycles. The predicted octanol–water partition coefficient (Wildman–Crippen LogP) is 8.59. The van der Waals surface area contributed by atoms with Gasteiger partial charge in [0.2, 0.25) is 0 Å². The molecule has 0 saturated carbocycles. The number of unbranched alkanes of at least 4 members (excludes halogenated alkanes) is 11. The maximum atomic E-state index is 2.40. The van der Waals surface area contributed by atoms with Gasteiger partial charge in [-0.05, 0) is 30.2 Å². The van der Waals surface area contributed by atoms with E-state index in [0.717, 1.165) is 11.8 Å². The average Bonchev–Trinajstić information content (AvgIpc) is 2.62. The molecule has 0 radical (unpaired) electrons. The van der Waals surface area contributed by atoms with E-state index >= 15 is 0 Å². The number of hydrogen-bond donors (Lipinski definition) is 0. The summed E-state index contributed by atoms with van der Waals surface area (Å²) in [6.45, 7) is 7.09. The standard InChI is InChI=1S/C25H44/c1-4-5-6-7-8-9-10-11-12-13-14-18-21-25(23(2)3)22-24-19-16-15-17-20-24/h15-17,19-20,23,25H,4-14,18,21-22H2,1-3H3. The Balaban J connectivity index is 1.98. The summed E-state index contributed by atoms with van der Waals surface area (Å²) in [6.07, 6.45) is 20.0. The van der Waals surface area contributed by atoms with Gasteiger partial charge in [-0.3, -0.25) is 0 Å². The van der Waals surface area contributed by atoms with E-state index in [9.17, 15) is 0 Å². The van der Waals surface area contributed by atoms with Crippen molar-refractivity contribution in [3.63, 3.8) is 0 Å². The van der Waals surface area contributed by atoms with E-state index < -0.39 is 0 Å². The van der Waals surface area contributed by atoms with E-state index in [1.807, 2.05) is 0 Å². The van der Waals surface area contributed by atoms with Crippen molar-refractivity contribution in [1.29, 1.82) is 0 Å². The first kappa shape index (κ1) is 22.3. The molecule has 0 bridgehead atoms. The Bertz CT molecular complexity index is 378. The summed E-state index contributed by atoms with van der Waals surface area (Å²) in [6, 6.07) is 11.1. The van der Waals surface area contributed by atoms with Crippen LogP contribution in [0.15, 0.2) is 30.3 Å². The van der Waals surface area contributed by atoms with Crippen LogP contribution in [0.2, 0.25) is 0 Å². The minimum Gasteiger partial charge on any atom is -0.0654 e. The van der Waals surface area contributed by atoms with Gasteiger partial charge in [-0.2, -0.15) is 0 Å². The van der Waals surface area contributed by atoms with Crippen molar-refractivity contribution in [3.8, 4) is 0 Å². The van der Waals surface area contributed by atoms with Crippen LogP contribution >= 0.6 is 0 Å². The van der Waals surface area contributed by atoms with E-state index in [4.69, 9.17) is 0 Å². The fourth-order valence-corrected chi connectivity index (χ4v) is 3.84. The van der Waals surface area contributed by atoms with Crippen molar-refractivity contribution >= 4 is 0 Å². The van der Waals surface area contributed by atoms with Gasteiger partial charge >= 0.3 is 0 Å². The lowest BCUT2D eigenvalue weighted by Gasteiger charge is -2.21. The van der Waals surface area contributed by atoms with Gasteiger partial charge in [0, 0.05) is 0 Å². The van der Waals surface area contributed by atoms with Gasteiger partial charge in [0.05, 0.1) is 0 Å². The highest BCUT2D eigenvalue weighted by molar-refractivity contribution is 5.15. The fourth-order valence-electron chi connectivity index (χ4n) is 3.84. The summed E-state index contributed by atoms with van der Waals surface area (Å²) in [5.74, 6) is 1.65. The zero-order valence-electron chi connectivity index (χ0n) is 17.4. The van der Waals surface area contributed by atoms with E-state index in [0.29, 0.717) is 0 Å². The van der Waals surface area contributed by atoms with E-state index in [-0.39, 0.29) is 0 Å². The minimum atomic E-state index is 0.799. The topological polar surface area (TPSA) is 0 Å². The molecule has 1 rings (SSSR count). The summed E-state index contributed by atoms with van der Waals surface area (Å²) in [5, 5.41) is 0. The molecule has 0 amide bonds. The van der Waals surface area contributed by atoms with Gasteiger partial charge < -0.3 is 0 Å². The maximum absolute atomic E-state index is 2.40. The summed E-state index contributed by atoms with van der Waals surface area (Å²) >= 11 is 0. The first-order chi connectivity index (χ1) is 12.2. The lowest BCUT2D eigenvalue weighted by Crippen LogP contribution is -2.12. The number of hydrogen-bond acceptors (Lipinski definition) is 0. The summed E-state index contributed by atoms with van der Waals surface area (Å²) in [5.41, 5.74) is 1.51. The molecule has 1 aromatic carbocycles. The third-order valence-corrected chi connectivity index (χ3v) is 5.71. The van der Waals surface area contributed by atoms with E-state index in [2.05, 4.69) is 51.1 Å². The second kappa shape index (κ2) is 15.5. The second-order valence-electron chi connectivity index (χ2n) is 8.37. The van der Waals surface area contributed by atoms with Gasteiger partial charge in [-0.25, -0.2) is 0 Å². The molecule has 0 heterocycles. The Labute approximate surface area is 158 Å². The zero-order valence-corrected chi connectivity index (χ0v) is 17.4. The van der Waals surface area contributed by atoms with E-state index in [1.165, 1.54) is 95.5 Å². The molecular weight excluding hydrogens is 300 g/mol. The summed E-state index contributed by atoms with van der Waals surface area (Å²) < 4.78 is 0. The third-order valence-electron chi connectivity index (χ3n) is 5.71. The third kappa shape index (κ3) is 12.2. The van der Waals surface area contributed by atoms with Gasteiger partial charge in [0.15, 0.2) is 0 Å². The van der Waals surface area contributed by atoms with Crippen molar-refractivity contribution in [2.24, 2.45) is 11.8 Å². The van der Waals surface area contributed by atoms with Crippen LogP contribution in [0.3, 0.4) is 0 Å². The Morgan fingerprint density at radius 1 is 0.640 bits per heavy atom. The monoisotopic (exact) mass is 344 g/mol. The number of benzene rings is 1. The molecule has 0 N–H and O–H groups in total. The molecule has 144 valence electrons. The van der Waals surface area contributed by atoms with Crippen molar-refractivity contribution in [3.05, 3.63) is 35.9 Å². The molecule has 1 aromatic rings. The Hall–Kier alpha value is -0.780. The van der Waals surface area contributed by atoms with Crippen molar-refractivity contribution in [2.45, 2.75) is 111 Å². The Morgan fingerprint density at radius 2 is 1.12 bits per heavy atom. The quantitative estimate of drug-likeness (QED) is 0.263. The highest BCUT2D eigenvalue weighted by Crippen LogP contribution is 2.24. The molecule has 0 spiro atoms. The van der Waals surface area contributed by atoms with Gasteiger partial charge in [-0.15, -0.1) is 0 Å². The Kier molecular flexibility index (Phi) is 13.8. The smallest absolute Gasteiger partial charge is 0.0248 e. The van der Waals surface area contributed by atoms with Crippen molar-refractivity contribution in [2.75, 3.05) is 0 Å². The molecule has 0 nitrogen and oxygen atoms in total. The van der Waals surface area contributed by atoms with E-state index in [1.54, 1.807) is 0 Å². The van der Waals surface area contributed by atoms with Gasteiger partial charge in [0.25, 0.3) is 0 Å². The molecular formula is C25H44. The summed E-state index contributed by atoms with van der Waals surface area (Å²) in [4.78, 5) is 0. The molecule has 1 unspecified atom stereocenters. The Morgan fingerprint density at radius 3 is 1.60 bits per heavy atom. The molecule has 1 atom stereocenters. The zero-order chi connectivity index (χ0) is 18.2. The molecule has 0 aliphatic rings. The summed E-state index contributed by atoms with van der Waals surface area (Å²) in [7, 11) is 0. The van der Waals surface area contributed by atoms with Crippen LogP contribution in [0.4, 0.5) is 0 Å². The first-order valence-electron chi connectivity index (χ1n) is 11.3. The molecule has 0 saturated heterocycles. The molecule has 0 fully saturated rings. The first-order valence-corrected chi connectivity index (χ1v) is 11.3. The average molecular weight is 345 g/mol. The highest BCUT2D eigenvalue weighted by Gasteiger charge is 2.13. The molecule has 0 aromatic heterocycles. The van der Waals surface area contributed by atoms with Crippen LogP contribution in [0.25, 0.3) is 0 Å². The van der Waals surface area contributed by atoms with Crippen molar-refractivity contribution in [1.82, 2.24) is 0 Å². The molecule has 0 heteroatoms. The lowest BCUT2D eigenvalue weighted by atomic mass is 9.85. The van der Waals surface area contributed by atoms with Gasteiger partial charge in [0.1, 0.15) is 0 Å². The van der Waals surface area contributed by atoms with Crippen LogP contribution < -0.4 is 0 Å². The van der Waals surface area contributed by atoms with Gasteiger partial charge in [-0.1, -0.05) is 128 Å². The lowest BCUT2D eigenvalue weighted by molar-refractivity contribution is 0.342. The number of rotatable bonds is 16. The van der Waals surface area contributed by atoms with Crippen LogP contribution in [0, 0.1) is 11.8 Å². The highest BCUT2D eigenvalue weighted by atomic mass is 14.2. The fraction of sp³-hybridized carbons (Fsp3) is 0.760. The van der Waals surface area contributed by atoms with Crippen LogP contribution in [0.1, 0.15) is 110 Å². The predicted molar refractivity (Wildman–Crippen MR) is 114 cm³/mol. The van der Waals surface area contributed by atoms with Crippen molar-refractivity contribution < 1.29 is 0 Å². The largest absolute Gasteiger partial charge is 0.0654 e. The second-order valence-corrected chi connectivity index (χ2v) is 8.37. The van der Waals surface area contributed by atoms with Crippen LogP contribution in [0.5, 0.6) is 0 Å². The van der Waals surface area contributed by atoms with Crippen LogP contribution in [-0.4, -0.2) is 0 Å². The molecule has 0 aliphatic heterocycles. The van der Waals surface area contributed by atoms with Crippen LogP contribution in [-0.2, 0) is 6.42 Å². The minimum absolute atomic E-state index is 0.799.